The number of hydrogen-bond donors (Lipinski definition) is 1. The number of amides is 1. The molecule has 0 aliphatic heterocycles. The van der Waals surface area contributed by atoms with E-state index in [2.05, 4.69) is 19.9 Å². The van der Waals surface area contributed by atoms with Gasteiger partial charge in [-0.15, -0.1) is 0 Å². The van der Waals surface area contributed by atoms with Gasteiger partial charge in [0, 0.05) is 12.6 Å². The number of rotatable bonds is 5. The van der Waals surface area contributed by atoms with E-state index in [-0.39, 0.29) is 22.7 Å². The number of carbonyl (C=O) groups excluding carboxylic acids is 2. The number of ether oxygens (including phenoxy) is 2. The summed E-state index contributed by atoms with van der Waals surface area (Å²) in [6.45, 7) is -2.99. The minimum Gasteiger partial charge on any atom is -0.464 e. The molecule has 122 valence electrons. The van der Waals surface area contributed by atoms with Gasteiger partial charge in [-0.2, -0.15) is 13.9 Å². The Bertz CT molecular complexity index is 731. The van der Waals surface area contributed by atoms with E-state index in [0.717, 1.165) is 6.07 Å². The molecule has 0 bridgehead atoms. The highest BCUT2D eigenvalue weighted by molar-refractivity contribution is 6.07. The number of aromatic nitrogens is 2. The molecular weight excluding hydrogens is 312 g/mol. The van der Waals surface area contributed by atoms with Gasteiger partial charge in [-0.05, 0) is 18.2 Å². The topological polar surface area (TPSA) is 82.4 Å². The molecule has 2 aromatic rings. The fourth-order valence-electron chi connectivity index (χ4n) is 1.88. The van der Waals surface area contributed by atoms with Crippen LogP contribution in [-0.4, -0.2) is 35.4 Å². The first-order valence-corrected chi connectivity index (χ1v) is 6.39. The van der Waals surface area contributed by atoms with Gasteiger partial charge >= 0.3 is 12.6 Å². The minimum absolute atomic E-state index is 0.0563. The third kappa shape index (κ3) is 3.82. The Morgan fingerprint density at radius 1 is 1.35 bits per heavy atom. The highest BCUT2D eigenvalue weighted by Crippen LogP contribution is 2.19. The summed E-state index contributed by atoms with van der Waals surface area (Å²) in [6, 6.07) is 5.28. The molecule has 1 aromatic heterocycles. The van der Waals surface area contributed by atoms with Crippen LogP contribution in [0.1, 0.15) is 20.8 Å². The SMILES string of the molecule is COC(=O)c1c(NC(=O)c2cccc(OC(F)F)c2)cnn1C. The number of methoxy groups -OCH3 is 1. The molecule has 0 saturated heterocycles. The van der Waals surface area contributed by atoms with Crippen LogP contribution in [0.3, 0.4) is 0 Å². The van der Waals surface area contributed by atoms with Crippen LogP contribution in [0.4, 0.5) is 14.5 Å². The Hall–Kier alpha value is -2.97. The molecule has 1 amide bonds. The van der Waals surface area contributed by atoms with Gasteiger partial charge in [-0.25, -0.2) is 4.79 Å². The number of halogens is 2. The molecule has 0 aliphatic carbocycles. The molecule has 7 nitrogen and oxygen atoms in total. The Kier molecular flexibility index (Phi) is 4.89. The van der Waals surface area contributed by atoms with E-state index in [1.165, 1.54) is 43.2 Å². The van der Waals surface area contributed by atoms with Crippen molar-refractivity contribution in [2.45, 2.75) is 6.61 Å². The second kappa shape index (κ2) is 6.86. The van der Waals surface area contributed by atoms with Gasteiger partial charge in [0.1, 0.15) is 5.75 Å². The number of nitrogens with one attached hydrogen (secondary N) is 1. The first-order chi connectivity index (χ1) is 10.9. The quantitative estimate of drug-likeness (QED) is 0.851. The average Bonchev–Trinajstić information content (AvgIpc) is 2.86. The van der Waals surface area contributed by atoms with Crippen LogP contribution in [0.25, 0.3) is 0 Å². The predicted octanol–water partition coefficient (Wildman–Crippen LogP) is 2.06. The number of hydrogen-bond acceptors (Lipinski definition) is 5. The van der Waals surface area contributed by atoms with Gasteiger partial charge in [0.2, 0.25) is 0 Å². The van der Waals surface area contributed by atoms with Gasteiger partial charge < -0.3 is 14.8 Å². The third-order valence-electron chi connectivity index (χ3n) is 2.89. The van der Waals surface area contributed by atoms with Crippen molar-refractivity contribution in [1.82, 2.24) is 9.78 Å². The molecule has 9 heteroatoms. The van der Waals surface area contributed by atoms with Gasteiger partial charge in [-0.1, -0.05) is 6.07 Å². The molecule has 0 aliphatic rings. The maximum Gasteiger partial charge on any atom is 0.387 e. The minimum atomic E-state index is -2.99. The molecule has 1 heterocycles. The van der Waals surface area contributed by atoms with E-state index in [9.17, 15) is 18.4 Å². The highest BCUT2D eigenvalue weighted by atomic mass is 19.3. The number of anilines is 1. The number of alkyl halides is 2. The second-order valence-electron chi connectivity index (χ2n) is 4.38. The molecule has 0 atom stereocenters. The van der Waals surface area contributed by atoms with Crippen LogP contribution in [0.2, 0.25) is 0 Å². The lowest BCUT2D eigenvalue weighted by Crippen LogP contribution is -2.16. The predicted molar refractivity (Wildman–Crippen MR) is 75.6 cm³/mol. The summed E-state index contributed by atoms with van der Waals surface area (Å²) >= 11 is 0. The van der Waals surface area contributed by atoms with Crippen molar-refractivity contribution < 1.29 is 27.8 Å². The van der Waals surface area contributed by atoms with Crippen LogP contribution in [0.5, 0.6) is 5.75 Å². The molecule has 0 saturated carbocycles. The van der Waals surface area contributed by atoms with Crippen molar-refractivity contribution in [3.8, 4) is 5.75 Å². The fraction of sp³-hybridized carbons (Fsp3) is 0.214. The number of nitrogens with zero attached hydrogens (tertiary/aromatic N) is 2. The van der Waals surface area contributed by atoms with Gasteiger partial charge in [0.05, 0.1) is 19.0 Å². The van der Waals surface area contributed by atoms with Gasteiger partial charge in [0.15, 0.2) is 5.69 Å². The van der Waals surface area contributed by atoms with Gasteiger partial charge in [0.25, 0.3) is 5.91 Å². The van der Waals surface area contributed by atoms with E-state index in [4.69, 9.17) is 0 Å². The maximum absolute atomic E-state index is 12.2. The standard InChI is InChI=1S/C14H13F2N3O4/c1-19-11(13(21)22-2)10(7-17-19)18-12(20)8-4-3-5-9(6-8)23-14(15)16/h3-7,14H,1-2H3,(H,18,20). The number of benzene rings is 1. The Morgan fingerprint density at radius 3 is 2.74 bits per heavy atom. The lowest BCUT2D eigenvalue weighted by molar-refractivity contribution is -0.0498. The summed E-state index contributed by atoms with van der Waals surface area (Å²) in [5.74, 6) is -1.43. The summed E-state index contributed by atoms with van der Waals surface area (Å²) in [7, 11) is 2.71. The van der Waals surface area contributed by atoms with Crippen LogP contribution < -0.4 is 10.1 Å². The Labute approximate surface area is 129 Å². The maximum atomic E-state index is 12.2. The van der Waals surface area contributed by atoms with Crippen molar-refractivity contribution in [2.75, 3.05) is 12.4 Å². The normalized spacial score (nSPS) is 10.5. The Balaban J connectivity index is 2.21. The average molecular weight is 325 g/mol. The van der Waals surface area contributed by atoms with Crippen molar-refractivity contribution in [3.63, 3.8) is 0 Å². The van der Waals surface area contributed by atoms with Crippen molar-refractivity contribution in [1.29, 1.82) is 0 Å². The molecule has 23 heavy (non-hydrogen) atoms. The second-order valence-corrected chi connectivity index (χ2v) is 4.38. The zero-order valence-corrected chi connectivity index (χ0v) is 12.2. The summed E-state index contributed by atoms with van der Waals surface area (Å²) < 4.78 is 34.5. The summed E-state index contributed by atoms with van der Waals surface area (Å²) in [5, 5.41) is 6.34. The van der Waals surface area contributed by atoms with Crippen molar-refractivity contribution in [3.05, 3.63) is 41.7 Å². The molecular formula is C14H13F2N3O4. The van der Waals surface area contributed by atoms with Gasteiger partial charge in [-0.3, -0.25) is 9.48 Å². The van der Waals surface area contributed by atoms with E-state index in [0.29, 0.717) is 0 Å². The molecule has 1 aromatic carbocycles. The van der Waals surface area contributed by atoms with E-state index < -0.39 is 18.5 Å². The number of carbonyl (C=O) groups is 2. The van der Waals surface area contributed by atoms with Crippen LogP contribution in [0, 0.1) is 0 Å². The van der Waals surface area contributed by atoms with E-state index >= 15 is 0 Å². The van der Waals surface area contributed by atoms with E-state index in [1.54, 1.807) is 0 Å². The van der Waals surface area contributed by atoms with Crippen molar-refractivity contribution >= 4 is 17.6 Å². The van der Waals surface area contributed by atoms with E-state index in [1.807, 2.05) is 0 Å². The fourth-order valence-corrected chi connectivity index (χ4v) is 1.88. The molecule has 0 spiro atoms. The third-order valence-corrected chi connectivity index (χ3v) is 2.89. The lowest BCUT2D eigenvalue weighted by Gasteiger charge is -2.08. The smallest absolute Gasteiger partial charge is 0.387 e. The Morgan fingerprint density at radius 2 is 2.09 bits per heavy atom. The zero-order chi connectivity index (χ0) is 17.0. The summed E-state index contributed by atoms with van der Waals surface area (Å²) in [5.41, 5.74) is 0.285. The first kappa shape index (κ1) is 16.4. The summed E-state index contributed by atoms with van der Waals surface area (Å²) in [6.07, 6.45) is 1.28. The molecule has 0 unspecified atom stereocenters. The van der Waals surface area contributed by atoms with Crippen LogP contribution in [0.15, 0.2) is 30.5 Å². The van der Waals surface area contributed by atoms with Crippen molar-refractivity contribution in [2.24, 2.45) is 7.05 Å². The highest BCUT2D eigenvalue weighted by Gasteiger charge is 2.20. The molecule has 1 N–H and O–H groups in total. The molecule has 2 rings (SSSR count). The zero-order valence-electron chi connectivity index (χ0n) is 12.2. The molecule has 0 fully saturated rings. The number of aryl methyl sites for hydroxylation is 1. The van der Waals surface area contributed by atoms with Crippen LogP contribution in [-0.2, 0) is 11.8 Å². The lowest BCUT2D eigenvalue weighted by atomic mass is 10.2. The van der Waals surface area contributed by atoms with Crippen LogP contribution >= 0.6 is 0 Å². The number of esters is 1. The largest absolute Gasteiger partial charge is 0.464 e. The summed E-state index contributed by atoms with van der Waals surface area (Å²) in [4.78, 5) is 23.9. The molecule has 0 radical (unpaired) electrons. The first-order valence-electron chi connectivity index (χ1n) is 6.39. The monoisotopic (exact) mass is 325 g/mol.